The fourth-order valence-corrected chi connectivity index (χ4v) is 2.72. The van der Waals surface area contributed by atoms with Crippen molar-refractivity contribution in [1.82, 2.24) is 4.98 Å². The van der Waals surface area contributed by atoms with Crippen molar-refractivity contribution in [1.29, 1.82) is 0 Å². The zero-order chi connectivity index (χ0) is 15.0. The first kappa shape index (κ1) is 13.4. The number of para-hydroxylation sites is 1. The van der Waals surface area contributed by atoms with Gasteiger partial charge in [-0.3, -0.25) is 4.79 Å². The lowest BCUT2D eigenvalue weighted by atomic mass is 10.0. The number of ketones is 1. The van der Waals surface area contributed by atoms with E-state index in [1.807, 2.05) is 49.4 Å². The predicted molar refractivity (Wildman–Crippen MR) is 85.0 cm³/mol. The Morgan fingerprint density at radius 3 is 2.62 bits per heavy atom. The molecule has 1 N–H and O–H groups in total. The third-order valence-corrected chi connectivity index (χ3v) is 3.68. The summed E-state index contributed by atoms with van der Waals surface area (Å²) in [6.07, 6.45) is 0. The number of Topliss-reactive ketones (excluding diaryl/α,β-unsaturated/α-hetero) is 1. The maximum absolute atomic E-state index is 12.2. The zero-order valence-electron chi connectivity index (χ0n) is 12.4. The number of aromatic nitrogens is 1. The molecule has 1 heterocycles. The molecule has 0 amide bonds. The van der Waals surface area contributed by atoms with E-state index in [1.165, 1.54) is 0 Å². The summed E-state index contributed by atoms with van der Waals surface area (Å²) < 4.78 is 5.42. The third kappa shape index (κ3) is 2.21. The van der Waals surface area contributed by atoms with Gasteiger partial charge in [0, 0.05) is 16.5 Å². The van der Waals surface area contributed by atoms with E-state index in [9.17, 15) is 4.79 Å². The summed E-state index contributed by atoms with van der Waals surface area (Å²) in [5.41, 5.74) is 4.54. The molecular formula is C18H17NO2. The van der Waals surface area contributed by atoms with Crippen molar-refractivity contribution in [3.05, 3.63) is 53.6 Å². The molecule has 106 valence electrons. The number of carbonyl (C=O) groups is 1. The van der Waals surface area contributed by atoms with E-state index in [4.69, 9.17) is 4.74 Å². The van der Waals surface area contributed by atoms with E-state index in [2.05, 4.69) is 4.98 Å². The minimum absolute atomic E-state index is 0.0488. The zero-order valence-corrected chi connectivity index (χ0v) is 12.4. The number of H-pyrrole nitrogens is 1. The van der Waals surface area contributed by atoms with Gasteiger partial charge in [-0.05, 0) is 38.1 Å². The largest absolute Gasteiger partial charge is 0.496 e. The first-order chi connectivity index (χ1) is 10.1. The molecule has 0 bridgehead atoms. The standard InChI is InChI=1S/C18H17NO2/c1-11-8-9-15-14(10-11)17(12(2)20)18(19-15)13-6-4-5-7-16(13)21-3/h4-10,19H,1-3H3. The molecule has 2 aromatic carbocycles. The molecule has 0 radical (unpaired) electrons. The van der Waals surface area contributed by atoms with Gasteiger partial charge in [0.15, 0.2) is 5.78 Å². The average molecular weight is 279 g/mol. The van der Waals surface area contributed by atoms with Crippen molar-refractivity contribution in [3.63, 3.8) is 0 Å². The minimum Gasteiger partial charge on any atom is -0.496 e. The summed E-state index contributed by atoms with van der Waals surface area (Å²) in [6, 6.07) is 13.8. The lowest BCUT2D eigenvalue weighted by molar-refractivity contribution is 0.102. The predicted octanol–water partition coefficient (Wildman–Crippen LogP) is 4.35. The SMILES string of the molecule is COc1ccccc1-c1[nH]c2ccc(C)cc2c1C(C)=O. The Balaban J connectivity index is 2.37. The number of carbonyl (C=O) groups excluding carboxylic acids is 1. The van der Waals surface area contributed by atoms with Crippen molar-refractivity contribution in [2.75, 3.05) is 7.11 Å². The highest BCUT2D eigenvalue weighted by molar-refractivity contribution is 6.12. The molecule has 0 aliphatic rings. The summed E-state index contributed by atoms with van der Waals surface area (Å²) in [6.45, 7) is 3.63. The molecule has 3 rings (SSSR count). The molecule has 1 aromatic heterocycles. The third-order valence-electron chi connectivity index (χ3n) is 3.68. The number of benzene rings is 2. The van der Waals surface area contributed by atoms with Crippen LogP contribution < -0.4 is 4.74 Å². The normalized spacial score (nSPS) is 10.8. The van der Waals surface area contributed by atoms with Gasteiger partial charge in [-0.25, -0.2) is 0 Å². The number of methoxy groups -OCH3 is 1. The molecule has 0 aliphatic carbocycles. The van der Waals surface area contributed by atoms with Gasteiger partial charge in [0.1, 0.15) is 5.75 Å². The number of nitrogens with one attached hydrogen (secondary N) is 1. The fraction of sp³-hybridized carbons (Fsp3) is 0.167. The van der Waals surface area contributed by atoms with E-state index in [-0.39, 0.29) is 5.78 Å². The van der Waals surface area contributed by atoms with Crippen LogP contribution in [-0.2, 0) is 0 Å². The molecule has 0 aliphatic heterocycles. The van der Waals surface area contributed by atoms with Gasteiger partial charge in [0.25, 0.3) is 0 Å². The fourth-order valence-electron chi connectivity index (χ4n) is 2.72. The van der Waals surface area contributed by atoms with Crippen LogP contribution in [0.5, 0.6) is 5.75 Å². The summed E-state index contributed by atoms with van der Waals surface area (Å²) in [5, 5.41) is 0.961. The molecule has 0 spiro atoms. The van der Waals surface area contributed by atoms with Crippen LogP contribution in [0.3, 0.4) is 0 Å². The number of aromatic amines is 1. The molecule has 0 unspecified atom stereocenters. The monoisotopic (exact) mass is 279 g/mol. The van der Waals surface area contributed by atoms with E-state index < -0.39 is 0 Å². The van der Waals surface area contributed by atoms with Gasteiger partial charge in [0.2, 0.25) is 0 Å². The number of hydrogen-bond donors (Lipinski definition) is 1. The Morgan fingerprint density at radius 1 is 1.14 bits per heavy atom. The number of hydrogen-bond acceptors (Lipinski definition) is 2. The summed E-state index contributed by atoms with van der Waals surface area (Å²) in [5.74, 6) is 0.802. The topological polar surface area (TPSA) is 42.1 Å². The Hall–Kier alpha value is -2.55. The Kier molecular flexibility index (Phi) is 3.26. The highest BCUT2D eigenvalue weighted by Crippen LogP contribution is 2.36. The average Bonchev–Trinajstić information content (AvgIpc) is 2.85. The van der Waals surface area contributed by atoms with Gasteiger partial charge in [-0.1, -0.05) is 23.8 Å². The van der Waals surface area contributed by atoms with Crippen molar-refractivity contribution < 1.29 is 9.53 Å². The van der Waals surface area contributed by atoms with Crippen LogP contribution in [0.15, 0.2) is 42.5 Å². The maximum atomic E-state index is 12.2. The van der Waals surface area contributed by atoms with Crippen LogP contribution >= 0.6 is 0 Å². The summed E-state index contributed by atoms with van der Waals surface area (Å²) in [4.78, 5) is 15.5. The van der Waals surface area contributed by atoms with Gasteiger partial charge in [-0.15, -0.1) is 0 Å². The number of rotatable bonds is 3. The minimum atomic E-state index is 0.0488. The molecule has 0 saturated carbocycles. The number of fused-ring (bicyclic) bond motifs is 1. The van der Waals surface area contributed by atoms with Crippen LogP contribution in [0.25, 0.3) is 22.2 Å². The van der Waals surface area contributed by atoms with Crippen LogP contribution in [0.1, 0.15) is 22.8 Å². The number of ether oxygens (including phenoxy) is 1. The molecule has 3 heteroatoms. The molecule has 0 fully saturated rings. The summed E-state index contributed by atoms with van der Waals surface area (Å²) >= 11 is 0. The molecule has 3 aromatic rings. The van der Waals surface area contributed by atoms with Gasteiger partial charge in [-0.2, -0.15) is 0 Å². The molecule has 21 heavy (non-hydrogen) atoms. The molecular weight excluding hydrogens is 262 g/mol. The van der Waals surface area contributed by atoms with Crippen LogP contribution in [0.4, 0.5) is 0 Å². The van der Waals surface area contributed by atoms with E-state index in [0.717, 1.165) is 39.0 Å². The van der Waals surface area contributed by atoms with Crippen molar-refractivity contribution >= 4 is 16.7 Å². The van der Waals surface area contributed by atoms with Crippen molar-refractivity contribution in [2.24, 2.45) is 0 Å². The second-order valence-corrected chi connectivity index (χ2v) is 5.18. The van der Waals surface area contributed by atoms with E-state index >= 15 is 0 Å². The van der Waals surface area contributed by atoms with Crippen molar-refractivity contribution in [3.8, 4) is 17.0 Å². The first-order valence-electron chi connectivity index (χ1n) is 6.88. The number of aryl methyl sites for hydroxylation is 1. The molecule has 0 saturated heterocycles. The van der Waals surface area contributed by atoms with Gasteiger partial charge < -0.3 is 9.72 Å². The Morgan fingerprint density at radius 2 is 1.90 bits per heavy atom. The molecule has 3 nitrogen and oxygen atoms in total. The Labute approximate surface area is 123 Å². The van der Waals surface area contributed by atoms with E-state index in [1.54, 1.807) is 14.0 Å². The van der Waals surface area contributed by atoms with Crippen LogP contribution in [0.2, 0.25) is 0 Å². The van der Waals surface area contributed by atoms with Crippen molar-refractivity contribution in [2.45, 2.75) is 13.8 Å². The quantitative estimate of drug-likeness (QED) is 0.724. The smallest absolute Gasteiger partial charge is 0.162 e. The maximum Gasteiger partial charge on any atom is 0.162 e. The van der Waals surface area contributed by atoms with Gasteiger partial charge >= 0.3 is 0 Å². The second-order valence-electron chi connectivity index (χ2n) is 5.18. The lowest BCUT2D eigenvalue weighted by Gasteiger charge is -2.08. The van der Waals surface area contributed by atoms with Gasteiger partial charge in [0.05, 0.1) is 18.4 Å². The lowest BCUT2D eigenvalue weighted by Crippen LogP contribution is -1.96. The molecule has 0 atom stereocenters. The van der Waals surface area contributed by atoms with E-state index in [0.29, 0.717) is 0 Å². The highest BCUT2D eigenvalue weighted by atomic mass is 16.5. The second kappa shape index (κ2) is 5.09. The highest BCUT2D eigenvalue weighted by Gasteiger charge is 2.19. The summed E-state index contributed by atoms with van der Waals surface area (Å²) in [7, 11) is 1.64. The van der Waals surface area contributed by atoms with Crippen LogP contribution in [0, 0.1) is 6.92 Å². The first-order valence-corrected chi connectivity index (χ1v) is 6.88. The Bertz CT molecular complexity index is 830. The van der Waals surface area contributed by atoms with Crippen LogP contribution in [-0.4, -0.2) is 17.9 Å².